The largest absolute Gasteiger partial charge is 0.467 e. The summed E-state index contributed by atoms with van der Waals surface area (Å²) in [5.74, 6) is 0.827. The van der Waals surface area contributed by atoms with Gasteiger partial charge in [0.05, 0.1) is 38.2 Å². The summed E-state index contributed by atoms with van der Waals surface area (Å²) in [4.78, 5) is 19.0. The molecule has 9 aliphatic rings. The van der Waals surface area contributed by atoms with Crippen molar-refractivity contribution in [2.75, 3.05) is 50.1 Å². The number of ether oxygens (including phenoxy) is 2. The quantitative estimate of drug-likeness (QED) is 0.264. The molecule has 0 aliphatic carbocycles. The highest BCUT2D eigenvalue weighted by Crippen LogP contribution is 2.70. The number of piperidine rings is 5. The van der Waals surface area contributed by atoms with Crippen LogP contribution in [0, 0.1) is 11.3 Å². The fraction of sp³-hybridized carbons (Fsp3) is 0.625. The Labute approximate surface area is 283 Å². The van der Waals surface area contributed by atoms with Crippen molar-refractivity contribution in [2.24, 2.45) is 11.3 Å². The fourth-order valence-electron chi connectivity index (χ4n) is 14.0. The molecular formula is C40H49N4O4+. The summed E-state index contributed by atoms with van der Waals surface area (Å²) in [5, 5.41) is 17.1. The molecule has 0 aromatic heterocycles. The van der Waals surface area contributed by atoms with Gasteiger partial charge < -0.3 is 24.8 Å². The van der Waals surface area contributed by atoms with Gasteiger partial charge in [-0.3, -0.25) is 9.38 Å². The van der Waals surface area contributed by atoms with Crippen LogP contribution >= 0.6 is 0 Å². The van der Waals surface area contributed by atoms with Gasteiger partial charge in [0.15, 0.2) is 5.60 Å². The number of hydrogen-bond donors (Lipinski definition) is 2. The van der Waals surface area contributed by atoms with Crippen LogP contribution in [0.5, 0.6) is 5.75 Å². The molecule has 0 unspecified atom stereocenters. The number of para-hydroxylation sites is 1. The second-order valence-corrected chi connectivity index (χ2v) is 17.2. The van der Waals surface area contributed by atoms with E-state index in [2.05, 4.69) is 71.4 Å². The molecule has 0 saturated carbocycles. The van der Waals surface area contributed by atoms with Crippen molar-refractivity contribution in [3.8, 4) is 5.75 Å². The van der Waals surface area contributed by atoms with E-state index >= 15 is 0 Å². The Bertz CT molecular complexity index is 1840. The predicted octanol–water partition coefficient (Wildman–Crippen LogP) is 5.19. The lowest BCUT2D eigenvalue weighted by molar-refractivity contribution is -0.981. The standard InChI is InChI=1S/C40H49N4O4/c1-4-25-23-42-16-14-37-22-26-19-29-30(41-39-13-12-36(5-2)11-8-17-44(39,24-36)18-15-38(29,39)46)21-32(26)48-40(37)33(42)20-27(25)34(35(45)47-3)43(40)31-10-7-6-9-28(31)37/h4,6-7,9-10,19,21,27,33-34,41,46H,5,8,11-18,20,22-24H2,1-3H3/q+1/b25-4-/t27-,33-,34-,36+,37+,38+,39-,40+,44-/m0/s1. The van der Waals surface area contributed by atoms with E-state index < -0.39 is 17.4 Å². The zero-order valence-corrected chi connectivity index (χ0v) is 28.7. The highest BCUT2D eigenvalue weighted by atomic mass is 16.5. The SMILES string of the molecule is C/C=C1/CN2CC[C@]34Cc5cc6c(cc5O[C@]35[C@@H]2C[C@@H]1[C@@H](C(=O)OC)N5c1ccccc14)N[C@@]12CC[C@@]3(CC)CCC[N@+]1(CC[C@@]62O)C3. The lowest BCUT2D eigenvalue weighted by Crippen LogP contribution is -2.83. The summed E-state index contributed by atoms with van der Waals surface area (Å²) in [7, 11) is 1.53. The molecule has 4 bridgehead atoms. The number of aliphatic hydroxyl groups is 1. The predicted molar refractivity (Wildman–Crippen MR) is 183 cm³/mol. The summed E-state index contributed by atoms with van der Waals surface area (Å²) in [6.45, 7) is 9.76. The second kappa shape index (κ2) is 8.80. The van der Waals surface area contributed by atoms with Crippen molar-refractivity contribution in [1.82, 2.24) is 4.90 Å². The Kier molecular flexibility index (Phi) is 5.27. The van der Waals surface area contributed by atoms with Crippen molar-refractivity contribution >= 4 is 17.3 Å². The van der Waals surface area contributed by atoms with Crippen LogP contribution in [0.25, 0.3) is 0 Å². The minimum absolute atomic E-state index is 0.0849. The van der Waals surface area contributed by atoms with Crippen molar-refractivity contribution in [3.05, 3.63) is 64.7 Å². The molecule has 6 saturated heterocycles. The highest BCUT2D eigenvalue weighted by Gasteiger charge is 2.79. The number of benzene rings is 2. The first-order valence-corrected chi connectivity index (χ1v) is 18.8. The van der Waals surface area contributed by atoms with Crippen LogP contribution in [0.3, 0.4) is 0 Å². The number of anilines is 2. The summed E-state index contributed by atoms with van der Waals surface area (Å²) in [6.07, 6.45) is 11.7. The number of rotatable bonds is 2. The number of nitrogens with one attached hydrogen (secondary N) is 1. The zero-order valence-electron chi connectivity index (χ0n) is 28.7. The monoisotopic (exact) mass is 649 g/mol. The van der Waals surface area contributed by atoms with Crippen LogP contribution in [-0.4, -0.2) is 83.8 Å². The molecule has 9 aliphatic heterocycles. The first-order valence-electron chi connectivity index (χ1n) is 18.8. The van der Waals surface area contributed by atoms with Crippen LogP contribution in [-0.2, 0) is 27.0 Å². The van der Waals surface area contributed by atoms with E-state index in [1.807, 2.05) is 0 Å². The van der Waals surface area contributed by atoms with Crippen LogP contribution < -0.4 is 15.0 Å². The van der Waals surface area contributed by atoms with E-state index in [1.54, 1.807) is 0 Å². The van der Waals surface area contributed by atoms with Crippen LogP contribution in [0.2, 0.25) is 0 Å². The van der Waals surface area contributed by atoms with Crippen molar-refractivity contribution in [2.45, 2.75) is 106 Å². The molecule has 11 rings (SSSR count). The summed E-state index contributed by atoms with van der Waals surface area (Å²) < 4.78 is 14.3. The third-order valence-corrected chi connectivity index (χ3v) is 16.1. The minimum Gasteiger partial charge on any atom is -0.467 e. The molecule has 9 heterocycles. The smallest absolute Gasteiger partial charge is 0.329 e. The Balaban J connectivity index is 1.09. The van der Waals surface area contributed by atoms with Crippen molar-refractivity contribution in [3.63, 3.8) is 0 Å². The molecule has 6 fully saturated rings. The first-order chi connectivity index (χ1) is 23.2. The van der Waals surface area contributed by atoms with Crippen LogP contribution in [0.4, 0.5) is 11.4 Å². The maximum atomic E-state index is 14.0. The maximum Gasteiger partial charge on any atom is 0.329 e. The van der Waals surface area contributed by atoms with Gasteiger partial charge in [0.1, 0.15) is 11.8 Å². The van der Waals surface area contributed by atoms with E-state index in [9.17, 15) is 9.90 Å². The first kappa shape index (κ1) is 28.7. The average molecular weight is 650 g/mol. The molecule has 8 heteroatoms. The summed E-state index contributed by atoms with van der Waals surface area (Å²) in [5.41, 5.74) is 5.23. The molecule has 0 radical (unpaired) electrons. The third-order valence-electron chi connectivity index (χ3n) is 16.1. The Hall–Kier alpha value is -3.07. The maximum absolute atomic E-state index is 14.0. The number of nitrogens with zero attached hydrogens (tertiary/aromatic N) is 3. The van der Waals surface area contributed by atoms with Gasteiger partial charge in [0, 0.05) is 60.3 Å². The molecule has 2 N–H and O–H groups in total. The molecule has 2 aromatic rings. The van der Waals surface area contributed by atoms with E-state index in [0.717, 1.165) is 85.5 Å². The number of quaternary nitrogens is 1. The Morgan fingerprint density at radius 1 is 1.15 bits per heavy atom. The number of carbonyl (C=O) groups excluding carboxylic acids is 1. The normalized spacial score (nSPS) is 46.0. The van der Waals surface area contributed by atoms with E-state index in [0.29, 0.717) is 5.41 Å². The van der Waals surface area contributed by atoms with Gasteiger partial charge in [0.2, 0.25) is 11.4 Å². The van der Waals surface area contributed by atoms with Crippen molar-refractivity contribution in [1.29, 1.82) is 0 Å². The minimum atomic E-state index is -0.884. The van der Waals surface area contributed by atoms with Gasteiger partial charge in [-0.25, -0.2) is 4.79 Å². The average Bonchev–Trinajstić information content (AvgIpc) is 3.61. The van der Waals surface area contributed by atoms with Gasteiger partial charge in [-0.1, -0.05) is 36.8 Å². The molecule has 8 nitrogen and oxygen atoms in total. The van der Waals surface area contributed by atoms with E-state index in [-0.39, 0.29) is 29.0 Å². The van der Waals surface area contributed by atoms with Gasteiger partial charge >= 0.3 is 5.97 Å². The van der Waals surface area contributed by atoms with Crippen LogP contribution in [0.1, 0.15) is 81.9 Å². The van der Waals surface area contributed by atoms with Gasteiger partial charge in [-0.05, 0) is 75.1 Å². The van der Waals surface area contributed by atoms with Gasteiger partial charge in [-0.2, -0.15) is 0 Å². The Morgan fingerprint density at radius 3 is 2.85 bits per heavy atom. The number of carbonyl (C=O) groups is 1. The summed E-state index contributed by atoms with van der Waals surface area (Å²) in [6, 6.07) is 13.1. The molecular weight excluding hydrogens is 600 g/mol. The molecule has 48 heavy (non-hydrogen) atoms. The lowest BCUT2D eigenvalue weighted by atomic mass is 9.57. The van der Waals surface area contributed by atoms with Gasteiger partial charge in [-0.15, -0.1) is 0 Å². The highest BCUT2D eigenvalue weighted by molar-refractivity contribution is 5.86. The summed E-state index contributed by atoms with van der Waals surface area (Å²) >= 11 is 0. The molecule has 252 valence electrons. The van der Waals surface area contributed by atoms with E-state index in [1.165, 1.54) is 56.0 Å². The molecule has 9 atom stereocenters. The zero-order chi connectivity index (χ0) is 32.5. The van der Waals surface area contributed by atoms with E-state index in [4.69, 9.17) is 9.47 Å². The Morgan fingerprint density at radius 2 is 2.02 bits per heavy atom. The van der Waals surface area contributed by atoms with Crippen molar-refractivity contribution < 1.29 is 23.9 Å². The van der Waals surface area contributed by atoms with Crippen LogP contribution in [0.15, 0.2) is 48.0 Å². The third kappa shape index (κ3) is 2.84. The number of hydrogen-bond acceptors (Lipinski definition) is 7. The number of methoxy groups -OCH3 is 1. The number of fused-ring (bicyclic) bond motifs is 7. The fourth-order valence-corrected chi connectivity index (χ4v) is 14.0. The number of esters is 1. The molecule has 0 amide bonds. The number of allylic oxidation sites excluding steroid dienone is 1. The molecule has 2 aromatic carbocycles. The lowest BCUT2D eigenvalue weighted by Gasteiger charge is -2.68. The topological polar surface area (TPSA) is 74.3 Å². The molecule has 3 spiro atoms. The second-order valence-electron chi connectivity index (χ2n) is 17.2. The van der Waals surface area contributed by atoms with Gasteiger partial charge in [0.25, 0.3) is 0 Å².